The summed E-state index contributed by atoms with van der Waals surface area (Å²) in [6, 6.07) is 4.35. The molecule has 0 saturated carbocycles. The Morgan fingerprint density at radius 1 is 1.50 bits per heavy atom. The minimum absolute atomic E-state index is 0.0153. The zero-order chi connectivity index (χ0) is 13.1. The van der Waals surface area contributed by atoms with Gasteiger partial charge >= 0.3 is 0 Å². The number of aromatic nitrogens is 2. The number of non-ortho nitro benzene ring substituents is 1. The molecule has 7 nitrogen and oxygen atoms in total. The van der Waals surface area contributed by atoms with Crippen LogP contribution in [0.1, 0.15) is 11.5 Å². The van der Waals surface area contributed by atoms with Crippen molar-refractivity contribution in [2.75, 3.05) is 5.73 Å². The molecule has 94 valence electrons. The van der Waals surface area contributed by atoms with Gasteiger partial charge in [0.2, 0.25) is 5.89 Å². The Hall–Kier alpha value is -2.09. The molecule has 0 amide bonds. The number of anilines is 1. The second-order valence-electron chi connectivity index (χ2n) is 3.52. The molecule has 8 heteroatoms. The number of thioether (sulfide) groups is 1. The summed E-state index contributed by atoms with van der Waals surface area (Å²) >= 11 is 1.29. The third kappa shape index (κ3) is 2.77. The Bertz CT molecular complexity index is 584. The third-order valence-electron chi connectivity index (χ3n) is 2.20. The van der Waals surface area contributed by atoms with Crippen molar-refractivity contribution in [2.45, 2.75) is 17.9 Å². The Balaban J connectivity index is 2.13. The molecule has 0 atom stereocenters. The van der Waals surface area contributed by atoms with Gasteiger partial charge in [-0.15, -0.1) is 10.2 Å². The van der Waals surface area contributed by atoms with E-state index in [1.54, 1.807) is 6.92 Å². The van der Waals surface area contributed by atoms with Gasteiger partial charge in [0.25, 0.3) is 10.9 Å². The fourth-order valence-electron chi connectivity index (χ4n) is 1.31. The number of nitrogen functional groups attached to an aromatic ring is 1. The predicted molar refractivity (Wildman–Crippen MR) is 66.1 cm³/mol. The SMILES string of the molecule is Cc1nnc(SCc2cc([N+](=O)[O-])ccc2N)o1. The number of nitro groups is 1. The summed E-state index contributed by atoms with van der Waals surface area (Å²) in [7, 11) is 0. The molecule has 0 unspecified atom stereocenters. The maximum absolute atomic E-state index is 10.7. The van der Waals surface area contributed by atoms with Gasteiger partial charge in [-0.25, -0.2) is 0 Å². The van der Waals surface area contributed by atoms with Crippen LogP contribution in [0.2, 0.25) is 0 Å². The molecule has 0 aliphatic rings. The minimum atomic E-state index is -0.454. The smallest absolute Gasteiger partial charge is 0.276 e. The molecule has 1 aromatic heterocycles. The van der Waals surface area contributed by atoms with Gasteiger partial charge in [0, 0.05) is 30.5 Å². The van der Waals surface area contributed by atoms with E-state index in [-0.39, 0.29) is 5.69 Å². The molecule has 0 saturated heterocycles. The quantitative estimate of drug-likeness (QED) is 0.391. The maximum Gasteiger partial charge on any atom is 0.276 e. The Kier molecular flexibility index (Phi) is 3.47. The second-order valence-corrected chi connectivity index (χ2v) is 4.44. The first-order valence-electron chi connectivity index (χ1n) is 5.02. The van der Waals surface area contributed by atoms with Crippen molar-refractivity contribution in [3.63, 3.8) is 0 Å². The number of rotatable bonds is 4. The van der Waals surface area contributed by atoms with Crippen molar-refractivity contribution in [3.05, 3.63) is 39.8 Å². The molecule has 1 heterocycles. The number of benzene rings is 1. The highest BCUT2D eigenvalue weighted by Crippen LogP contribution is 2.27. The van der Waals surface area contributed by atoms with E-state index in [1.807, 2.05) is 0 Å². The molecule has 18 heavy (non-hydrogen) atoms. The lowest BCUT2D eigenvalue weighted by Gasteiger charge is -2.03. The molecule has 0 aliphatic carbocycles. The van der Waals surface area contributed by atoms with Gasteiger partial charge in [0.05, 0.1) is 4.92 Å². The lowest BCUT2D eigenvalue weighted by molar-refractivity contribution is -0.384. The van der Waals surface area contributed by atoms with Crippen LogP contribution in [-0.4, -0.2) is 15.1 Å². The number of nitro benzene ring substituents is 1. The molecule has 2 N–H and O–H groups in total. The van der Waals surface area contributed by atoms with Gasteiger partial charge in [-0.2, -0.15) is 0 Å². The summed E-state index contributed by atoms with van der Waals surface area (Å²) in [5.74, 6) is 0.916. The molecular formula is C10H10N4O3S. The van der Waals surface area contributed by atoms with Gasteiger partial charge in [-0.1, -0.05) is 11.8 Å². The Morgan fingerprint density at radius 2 is 2.28 bits per heavy atom. The maximum atomic E-state index is 10.7. The van der Waals surface area contributed by atoms with Crippen LogP contribution in [0.3, 0.4) is 0 Å². The standard InChI is InChI=1S/C10H10N4O3S/c1-6-12-13-10(17-6)18-5-7-4-8(14(15)16)2-3-9(7)11/h2-4H,5,11H2,1H3. The van der Waals surface area contributed by atoms with E-state index in [2.05, 4.69) is 10.2 Å². The van der Waals surface area contributed by atoms with E-state index in [4.69, 9.17) is 10.2 Å². The number of hydrogen-bond acceptors (Lipinski definition) is 7. The monoisotopic (exact) mass is 266 g/mol. The van der Waals surface area contributed by atoms with Crippen molar-refractivity contribution in [1.82, 2.24) is 10.2 Å². The second kappa shape index (κ2) is 5.05. The van der Waals surface area contributed by atoms with Gasteiger partial charge < -0.3 is 10.2 Å². The first-order valence-corrected chi connectivity index (χ1v) is 6.00. The number of nitrogens with two attached hydrogens (primary N) is 1. The van der Waals surface area contributed by atoms with Crippen LogP contribution in [-0.2, 0) is 5.75 Å². The number of hydrogen-bond donors (Lipinski definition) is 1. The molecule has 0 aliphatic heterocycles. The summed E-state index contributed by atoms with van der Waals surface area (Å²) in [5.41, 5.74) is 6.95. The summed E-state index contributed by atoms with van der Waals surface area (Å²) in [4.78, 5) is 10.2. The highest BCUT2D eigenvalue weighted by atomic mass is 32.2. The summed E-state index contributed by atoms with van der Waals surface area (Å²) in [6.07, 6.45) is 0. The predicted octanol–water partition coefficient (Wildman–Crippen LogP) is 2.16. The zero-order valence-electron chi connectivity index (χ0n) is 9.49. The van der Waals surface area contributed by atoms with Gasteiger partial charge in [0.1, 0.15) is 0 Å². The van der Waals surface area contributed by atoms with Crippen molar-refractivity contribution in [1.29, 1.82) is 0 Å². The minimum Gasteiger partial charge on any atom is -0.416 e. The first-order chi connectivity index (χ1) is 8.56. The van der Waals surface area contributed by atoms with Crippen LogP contribution in [0.25, 0.3) is 0 Å². The van der Waals surface area contributed by atoms with E-state index in [1.165, 1.54) is 30.0 Å². The van der Waals surface area contributed by atoms with Gasteiger partial charge in [-0.05, 0) is 11.6 Å². The average molecular weight is 266 g/mol. The lowest BCUT2D eigenvalue weighted by Crippen LogP contribution is -1.95. The normalized spacial score (nSPS) is 10.5. The van der Waals surface area contributed by atoms with Crippen LogP contribution >= 0.6 is 11.8 Å². The average Bonchev–Trinajstić information content (AvgIpc) is 2.74. The number of aryl methyl sites for hydroxylation is 1. The van der Waals surface area contributed by atoms with Crippen LogP contribution in [0.15, 0.2) is 27.8 Å². The van der Waals surface area contributed by atoms with Crippen LogP contribution < -0.4 is 5.73 Å². The van der Waals surface area contributed by atoms with E-state index >= 15 is 0 Å². The summed E-state index contributed by atoms with van der Waals surface area (Å²) in [5, 5.41) is 18.6. The number of nitrogens with zero attached hydrogens (tertiary/aromatic N) is 3. The van der Waals surface area contributed by atoms with E-state index in [9.17, 15) is 10.1 Å². The van der Waals surface area contributed by atoms with Crippen molar-refractivity contribution in [3.8, 4) is 0 Å². The first kappa shape index (κ1) is 12.4. The van der Waals surface area contributed by atoms with Crippen LogP contribution in [0.5, 0.6) is 0 Å². The Morgan fingerprint density at radius 3 is 2.89 bits per heavy atom. The van der Waals surface area contributed by atoms with Crippen molar-refractivity contribution >= 4 is 23.1 Å². The highest BCUT2D eigenvalue weighted by Gasteiger charge is 2.11. The topological polar surface area (TPSA) is 108 Å². The fourth-order valence-corrected chi connectivity index (χ4v) is 2.11. The largest absolute Gasteiger partial charge is 0.416 e. The van der Waals surface area contributed by atoms with E-state index in [0.29, 0.717) is 28.1 Å². The summed E-state index contributed by atoms with van der Waals surface area (Å²) in [6.45, 7) is 1.69. The molecule has 1 aromatic carbocycles. The zero-order valence-corrected chi connectivity index (χ0v) is 10.3. The molecule has 2 aromatic rings. The van der Waals surface area contributed by atoms with E-state index in [0.717, 1.165) is 0 Å². The van der Waals surface area contributed by atoms with Gasteiger partial charge in [-0.3, -0.25) is 10.1 Å². The lowest BCUT2D eigenvalue weighted by atomic mass is 10.2. The van der Waals surface area contributed by atoms with Crippen LogP contribution in [0.4, 0.5) is 11.4 Å². The van der Waals surface area contributed by atoms with E-state index < -0.39 is 4.92 Å². The van der Waals surface area contributed by atoms with Crippen molar-refractivity contribution < 1.29 is 9.34 Å². The fraction of sp³-hybridized carbons (Fsp3) is 0.200. The van der Waals surface area contributed by atoms with Gasteiger partial charge in [0.15, 0.2) is 0 Å². The molecule has 0 spiro atoms. The molecule has 0 fully saturated rings. The Labute approximate surface area is 107 Å². The summed E-state index contributed by atoms with van der Waals surface area (Å²) < 4.78 is 5.19. The van der Waals surface area contributed by atoms with Crippen LogP contribution in [0, 0.1) is 17.0 Å². The van der Waals surface area contributed by atoms with Crippen molar-refractivity contribution in [2.24, 2.45) is 0 Å². The molecular weight excluding hydrogens is 256 g/mol. The molecule has 0 radical (unpaired) electrons. The highest BCUT2D eigenvalue weighted by molar-refractivity contribution is 7.98. The molecule has 0 bridgehead atoms. The third-order valence-corrected chi connectivity index (χ3v) is 3.06. The molecule has 2 rings (SSSR count).